The summed E-state index contributed by atoms with van der Waals surface area (Å²) in [6, 6.07) is 7.83. The number of benzene rings is 1. The quantitative estimate of drug-likeness (QED) is 0.738. The summed E-state index contributed by atoms with van der Waals surface area (Å²) in [5, 5.41) is 3.37. The van der Waals surface area contributed by atoms with Gasteiger partial charge >= 0.3 is 0 Å². The molecule has 0 saturated carbocycles. The predicted octanol–water partition coefficient (Wildman–Crippen LogP) is 1.69. The van der Waals surface area contributed by atoms with Gasteiger partial charge in [-0.3, -0.25) is 4.79 Å². The van der Waals surface area contributed by atoms with Crippen molar-refractivity contribution < 1.29 is 9.53 Å². The van der Waals surface area contributed by atoms with Crippen LogP contribution in [0.4, 0.5) is 0 Å². The second kappa shape index (κ2) is 7.71. The van der Waals surface area contributed by atoms with Crippen LogP contribution in [0.25, 0.3) is 0 Å². The molecule has 0 aliphatic carbocycles. The number of hydrogen-bond donors (Lipinski definition) is 2. The second-order valence-corrected chi connectivity index (χ2v) is 4.70. The topological polar surface area (TPSA) is 64.3 Å². The average molecular weight is 250 g/mol. The van der Waals surface area contributed by atoms with Gasteiger partial charge in [-0.2, -0.15) is 0 Å². The maximum atomic E-state index is 10.7. The Hall–Kier alpha value is -1.55. The van der Waals surface area contributed by atoms with Crippen LogP contribution >= 0.6 is 0 Å². The van der Waals surface area contributed by atoms with Gasteiger partial charge in [0.2, 0.25) is 5.91 Å². The Morgan fingerprint density at radius 2 is 2.11 bits per heavy atom. The number of amides is 1. The van der Waals surface area contributed by atoms with E-state index in [-0.39, 0.29) is 12.3 Å². The van der Waals surface area contributed by atoms with Crippen LogP contribution in [0.1, 0.15) is 25.8 Å². The Balaban J connectivity index is 2.48. The summed E-state index contributed by atoms with van der Waals surface area (Å²) in [7, 11) is 0. The van der Waals surface area contributed by atoms with Crippen molar-refractivity contribution in [1.82, 2.24) is 5.32 Å². The molecule has 18 heavy (non-hydrogen) atoms. The maximum Gasteiger partial charge on any atom is 0.220 e. The summed E-state index contributed by atoms with van der Waals surface area (Å²) >= 11 is 0. The molecule has 0 radical (unpaired) electrons. The van der Waals surface area contributed by atoms with E-state index in [1.54, 1.807) is 0 Å². The molecule has 0 fully saturated rings. The number of carbonyl (C=O) groups is 1. The Morgan fingerprint density at radius 3 is 2.78 bits per heavy atom. The molecule has 1 aromatic rings. The van der Waals surface area contributed by atoms with Gasteiger partial charge in [0.25, 0.3) is 0 Å². The minimum absolute atomic E-state index is 0.244. The molecule has 1 amide bonds. The summed E-state index contributed by atoms with van der Waals surface area (Å²) in [5.41, 5.74) is 6.18. The zero-order chi connectivity index (χ0) is 13.4. The zero-order valence-electron chi connectivity index (χ0n) is 11.1. The Labute approximate surface area is 109 Å². The third-order valence-corrected chi connectivity index (χ3v) is 2.45. The Morgan fingerprint density at radius 1 is 1.39 bits per heavy atom. The maximum absolute atomic E-state index is 10.7. The summed E-state index contributed by atoms with van der Waals surface area (Å²) in [6.07, 6.45) is 0.244. The molecule has 0 unspecified atom stereocenters. The monoisotopic (exact) mass is 250 g/mol. The number of rotatable bonds is 8. The van der Waals surface area contributed by atoms with E-state index in [9.17, 15) is 4.79 Å². The van der Waals surface area contributed by atoms with E-state index in [0.717, 1.165) is 24.4 Å². The highest BCUT2D eigenvalue weighted by atomic mass is 16.5. The number of nitrogens with two attached hydrogens (primary N) is 1. The van der Waals surface area contributed by atoms with Crippen LogP contribution in [0.5, 0.6) is 5.75 Å². The molecule has 0 bridgehead atoms. The Bertz CT molecular complexity index is 378. The number of carbonyl (C=O) groups excluding carboxylic acids is 1. The molecule has 0 saturated heterocycles. The third kappa shape index (κ3) is 5.68. The number of hydrogen-bond acceptors (Lipinski definition) is 3. The molecule has 0 atom stereocenters. The highest BCUT2D eigenvalue weighted by Crippen LogP contribution is 2.17. The molecule has 4 nitrogen and oxygen atoms in total. The van der Waals surface area contributed by atoms with Crippen LogP contribution in [0.3, 0.4) is 0 Å². The van der Waals surface area contributed by atoms with Crippen molar-refractivity contribution >= 4 is 5.91 Å². The van der Waals surface area contributed by atoms with Crippen molar-refractivity contribution in [1.29, 1.82) is 0 Å². The Kier molecular flexibility index (Phi) is 6.22. The lowest BCUT2D eigenvalue weighted by molar-refractivity contribution is -0.118. The first-order valence-electron chi connectivity index (χ1n) is 6.29. The van der Waals surface area contributed by atoms with Crippen LogP contribution in [0.15, 0.2) is 24.3 Å². The fraction of sp³-hybridized carbons (Fsp3) is 0.500. The smallest absolute Gasteiger partial charge is 0.220 e. The van der Waals surface area contributed by atoms with Gasteiger partial charge < -0.3 is 15.8 Å². The molecule has 1 aromatic carbocycles. The van der Waals surface area contributed by atoms with Gasteiger partial charge in [-0.15, -0.1) is 0 Å². The number of primary amides is 1. The lowest BCUT2D eigenvalue weighted by atomic mass is 10.2. The first kappa shape index (κ1) is 14.5. The third-order valence-electron chi connectivity index (χ3n) is 2.45. The minimum atomic E-state index is -0.342. The van der Waals surface area contributed by atoms with E-state index in [1.165, 1.54) is 0 Å². The van der Waals surface area contributed by atoms with Gasteiger partial charge in [-0.05, 0) is 18.5 Å². The predicted molar refractivity (Wildman–Crippen MR) is 72.3 cm³/mol. The van der Waals surface area contributed by atoms with Crippen LogP contribution < -0.4 is 15.8 Å². The lowest BCUT2D eigenvalue weighted by Gasteiger charge is -2.12. The molecule has 3 N–H and O–H groups in total. The molecule has 100 valence electrons. The van der Waals surface area contributed by atoms with Crippen molar-refractivity contribution in [3.8, 4) is 5.75 Å². The second-order valence-electron chi connectivity index (χ2n) is 4.70. The van der Waals surface area contributed by atoms with E-state index in [1.807, 2.05) is 24.3 Å². The molecule has 0 aliphatic heterocycles. The van der Waals surface area contributed by atoms with E-state index < -0.39 is 0 Å². The largest absolute Gasteiger partial charge is 0.493 e. The van der Waals surface area contributed by atoms with Crippen molar-refractivity contribution in [2.24, 2.45) is 11.7 Å². The van der Waals surface area contributed by atoms with Crippen LogP contribution in [-0.2, 0) is 11.3 Å². The molecule has 4 heteroatoms. The summed E-state index contributed by atoms with van der Waals surface area (Å²) in [6.45, 7) is 6.40. The van der Waals surface area contributed by atoms with Crippen LogP contribution in [0.2, 0.25) is 0 Å². The number of para-hydroxylation sites is 1. The van der Waals surface area contributed by atoms with Gasteiger partial charge in [0.05, 0.1) is 13.0 Å². The zero-order valence-corrected chi connectivity index (χ0v) is 11.1. The molecule has 0 heterocycles. The SMILES string of the molecule is CC(C)CNCc1ccccc1OCCC(N)=O. The highest BCUT2D eigenvalue weighted by Gasteiger charge is 2.04. The first-order chi connectivity index (χ1) is 8.59. The van der Waals surface area contributed by atoms with Gasteiger partial charge in [0.15, 0.2) is 0 Å². The highest BCUT2D eigenvalue weighted by molar-refractivity contribution is 5.73. The standard InChI is InChI=1S/C14H22N2O2/c1-11(2)9-16-10-12-5-3-4-6-13(12)18-8-7-14(15)17/h3-6,11,16H,7-10H2,1-2H3,(H2,15,17). The molecule has 0 aromatic heterocycles. The van der Waals surface area contributed by atoms with E-state index in [4.69, 9.17) is 10.5 Å². The van der Waals surface area contributed by atoms with E-state index in [0.29, 0.717) is 12.5 Å². The van der Waals surface area contributed by atoms with Gasteiger partial charge in [0.1, 0.15) is 5.75 Å². The lowest BCUT2D eigenvalue weighted by Crippen LogP contribution is -2.20. The van der Waals surface area contributed by atoms with Crippen molar-refractivity contribution in [3.05, 3.63) is 29.8 Å². The normalized spacial score (nSPS) is 10.6. The summed E-state index contributed by atoms with van der Waals surface area (Å²) < 4.78 is 5.56. The fourth-order valence-electron chi connectivity index (χ4n) is 1.55. The molecule has 0 spiro atoms. The van der Waals surface area contributed by atoms with E-state index in [2.05, 4.69) is 19.2 Å². The molecular weight excluding hydrogens is 228 g/mol. The van der Waals surface area contributed by atoms with Crippen LogP contribution in [-0.4, -0.2) is 19.1 Å². The van der Waals surface area contributed by atoms with Gasteiger partial charge in [0, 0.05) is 12.1 Å². The van der Waals surface area contributed by atoms with Gasteiger partial charge in [-0.1, -0.05) is 32.0 Å². The first-order valence-corrected chi connectivity index (χ1v) is 6.29. The minimum Gasteiger partial charge on any atom is -0.493 e. The van der Waals surface area contributed by atoms with Crippen molar-refractivity contribution in [3.63, 3.8) is 0 Å². The fourth-order valence-corrected chi connectivity index (χ4v) is 1.55. The van der Waals surface area contributed by atoms with Gasteiger partial charge in [-0.25, -0.2) is 0 Å². The molecule has 1 rings (SSSR count). The van der Waals surface area contributed by atoms with Crippen LogP contribution in [0, 0.1) is 5.92 Å². The average Bonchev–Trinajstić information content (AvgIpc) is 2.30. The summed E-state index contributed by atoms with van der Waals surface area (Å²) in [4.78, 5) is 10.7. The number of nitrogens with one attached hydrogen (secondary N) is 1. The van der Waals surface area contributed by atoms with Crippen molar-refractivity contribution in [2.45, 2.75) is 26.8 Å². The summed E-state index contributed by atoms with van der Waals surface area (Å²) in [5.74, 6) is 1.09. The van der Waals surface area contributed by atoms with E-state index >= 15 is 0 Å². The molecular formula is C14H22N2O2. The molecule has 0 aliphatic rings. The number of ether oxygens (including phenoxy) is 1. The van der Waals surface area contributed by atoms with Crippen molar-refractivity contribution in [2.75, 3.05) is 13.2 Å².